The number of amides is 1. The number of aryl methyl sites for hydroxylation is 1. The number of rotatable bonds is 9. The summed E-state index contributed by atoms with van der Waals surface area (Å²) in [6.45, 7) is 7.05. The third-order valence-corrected chi connectivity index (χ3v) is 11.1. The van der Waals surface area contributed by atoms with Gasteiger partial charge in [-0.1, -0.05) is 35.9 Å². The van der Waals surface area contributed by atoms with Crippen LogP contribution in [0, 0.1) is 12.8 Å². The van der Waals surface area contributed by atoms with E-state index in [1.807, 2.05) is 24.0 Å². The number of aromatic nitrogens is 4. The molecular weight excluding hydrogens is 655 g/mol. The Morgan fingerprint density at radius 2 is 1.96 bits per heavy atom. The summed E-state index contributed by atoms with van der Waals surface area (Å²) >= 11 is 6.74. The summed E-state index contributed by atoms with van der Waals surface area (Å²) in [7, 11) is 2.06. The van der Waals surface area contributed by atoms with Gasteiger partial charge in [-0.25, -0.2) is 14.4 Å². The number of halogens is 2. The predicted octanol–water partition coefficient (Wildman–Crippen LogP) is 5.51. The molecule has 1 amide bonds. The van der Waals surface area contributed by atoms with Crippen molar-refractivity contribution in [2.24, 2.45) is 5.92 Å². The lowest BCUT2D eigenvalue weighted by molar-refractivity contribution is -0.131. The molecule has 0 saturated carbocycles. The Hall–Kier alpha value is -4.35. The quantitative estimate of drug-likeness (QED) is 0.210. The highest BCUT2D eigenvalue weighted by Crippen LogP contribution is 2.41. The molecule has 12 heteroatoms. The number of alkyl halides is 1. The van der Waals surface area contributed by atoms with Gasteiger partial charge >= 0.3 is 6.01 Å². The van der Waals surface area contributed by atoms with Gasteiger partial charge in [0, 0.05) is 81.0 Å². The van der Waals surface area contributed by atoms with Gasteiger partial charge < -0.3 is 19.4 Å². The fourth-order valence-electron chi connectivity index (χ4n) is 8.33. The lowest BCUT2D eigenvalue weighted by Crippen LogP contribution is -2.53. The van der Waals surface area contributed by atoms with Gasteiger partial charge in [-0.15, -0.1) is 0 Å². The lowest BCUT2D eigenvalue weighted by atomic mass is 9.95. The second-order valence-corrected chi connectivity index (χ2v) is 14.7. The monoisotopic (exact) mass is 696 g/mol. The molecule has 8 rings (SSSR count). The Morgan fingerprint density at radius 3 is 2.80 bits per heavy atom. The Kier molecular flexibility index (Phi) is 8.81. The Bertz CT molecular complexity index is 1950. The highest BCUT2D eigenvalue weighted by Gasteiger charge is 2.49. The van der Waals surface area contributed by atoms with Gasteiger partial charge in [0.15, 0.2) is 0 Å². The molecule has 50 heavy (non-hydrogen) atoms. The van der Waals surface area contributed by atoms with Gasteiger partial charge in [0.1, 0.15) is 24.4 Å². The molecule has 0 unspecified atom stereocenters. The van der Waals surface area contributed by atoms with Crippen LogP contribution in [0.4, 0.5) is 15.9 Å². The Morgan fingerprint density at radius 1 is 1.12 bits per heavy atom. The molecule has 2 aromatic carbocycles. The smallest absolute Gasteiger partial charge is 0.318 e. The second kappa shape index (κ2) is 13.4. The summed E-state index contributed by atoms with van der Waals surface area (Å²) in [4.78, 5) is 40.0. The molecule has 2 atom stereocenters. The molecule has 0 N–H and O–H groups in total. The first-order valence-electron chi connectivity index (χ1n) is 17.6. The first-order valence-corrected chi connectivity index (χ1v) is 17.9. The second-order valence-electron chi connectivity index (χ2n) is 14.3. The lowest BCUT2D eigenvalue weighted by Gasteiger charge is -2.41. The molecule has 4 aliphatic heterocycles. The third kappa shape index (κ3) is 6.37. The van der Waals surface area contributed by atoms with E-state index < -0.39 is 6.17 Å². The van der Waals surface area contributed by atoms with E-state index in [4.69, 9.17) is 26.3 Å². The molecule has 0 aliphatic carbocycles. The normalized spacial score (nSPS) is 22.2. The number of benzene rings is 2. The van der Waals surface area contributed by atoms with Gasteiger partial charge in [-0.3, -0.25) is 9.69 Å². The summed E-state index contributed by atoms with van der Waals surface area (Å²) in [6, 6.07) is 14.4. The van der Waals surface area contributed by atoms with Crippen LogP contribution in [-0.4, -0.2) is 100 Å². The van der Waals surface area contributed by atoms with E-state index in [0.717, 1.165) is 77.5 Å². The minimum atomic E-state index is -0.827. The van der Waals surface area contributed by atoms with Gasteiger partial charge in [0.05, 0.1) is 28.5 Å². The van der Waals surface area contributed by atoms with Crippen molar-refractivity contribution in [3.8, 4) is 6.01 Å². The number of carbonyl (C=O) groups is 1. The summed E-state index contributed by atoms with van der Waals surface area (Å²) in [5, 5.41) is 2.87. The Labute approximate surface area is 296 Å². The van der Waals surface area contributed by atoms with Crippen LogP contribution in [0.3, 0.4) is 0 Å². The number of hydrogen-bond acceptors (Lipinski definition) is 9. The fraction of sp³-hybridized carbons (Fsp3) is 0.447. The van der Waals surface area contributed by atoms with Crippen LogP contribution in [0.1, 0.15) is 42.0 Å². The van der Waals surface area contributed by atoms with Crippen molar-refractivity contribution in [3.05, 3.63) is 82.5 Å². The van der Waals surface area contributed by atoms with Crippen LogP contribution in [-0.2, 0) is 17.8 Å². The maximum atomic E-state index is 14.5. The summed E-state index contributed by atoms with van der Waals surface area (Å²) < 4.78 is 21.0. The predicted molar refractivity (Wildman–Crippen MR) is 193 cm³/mol. The highest BCUT2D eigenvalue weighted by atomic mass is 35.5. The average molecular weight is 697 g/mol. The number of fused-ring (bicyclic) bond motifs is 3. The first kappa shape index (κ1) is 32.8. The molecule has 0 radical (unpaired) electrons. The number of carbonyl (C=O) groups excluding carboxylic acids is 1. The molecule has 0 spiro atoms. The van der Waals surface area contributed by atoms with Crippen LogP contribution in [0.2, 0.25) is 5.02 Å². The maximum Gasteiger partial charge on any atom is 0.318 e. The molecule has 3 fully saturated rings. The maximum absolute atomic E-state index is 14.5. The topological polar surface area (TPSA) is 90.8 Å². The van der Waals surface area contributed by atoms with E-state index in [1.165, 1.54) is 0 Å². The number of hydrogen-bond donors (Lipinski definition) is 0. The molecular formula is C38H42ClFN8O2. The third-order valence-electron chi connectivity index (χ3n) is 10.8. The van der Waals surface area contributed by atoms with E-state index >= 15 is 0 Å². The van der Waals surface area contributed by atoms with Gasteiger partial charge in [-0.2, -0.15) is 9.97 Å². The van der Waals surface area contributed by atoms with Crippen molar-refractivity contribution in [2.75, 3.05) is 62.7 Å². The molecule has 6 heterocycles. The van der Waals surface area contributed by atoms with Crippen molar-refractivity contribution >= 4 is 45.9 Å². The van der Waals surface area contributed by atoms with E-state index in [9.17, 15) is 9.18 Å². The molecule has 10 nitrogen and oxygen atoms in total. The van der Waals surface area contributed by atoms with Gasteiger partial charge in [-0.05, 0) is 62.4 Å². The molecule has 4 aliphatic rings. The van der Waals surface area contributed by atoms with Gasteiger partial charge in [0.25, 0.3) is 0 Å². The van der Waals surface area contributed by atoms with E-state index in [1.54, 1.807) is 24.4 Å². The van der Waals surface area contributed by atoms with Crippen molar-refractivity contribution in [2.45, 2.75) is 50.9 Å². The van der Waals surface area contributed by atoms with Crippen molar-refractivity contribution in [3.63, 3.8) is 0 Å². The van der Waals surface area contributed by atoms with Crippen LogP contribution < -0.4 is 14.5 Å². The van der Waals surface area contributed by atoms with Crippen molar-refractivity contribution in [1.82, 2.24) is 29.7 Å². The number of likely N-dealkylation sites (tertiary alicyclic amines) is 1. The molecule has 0 bridgehead atoms. The summed E-state index contributed by atoms with van der Waals surface area (Å²) in [6.07, 6.45) is 7.42. The van der Waals surface area contributed by atoms with Crippen LogP contribution in [0.5, 0.6) is 6.01 Å². The molecule has 3 saturated heterocycles. The van der Waals surface area contributed by atoms with Crippen molar-refractivity contribution in [1.29, 1.82) is 0 Å². The standard InChI is InChI=1S/C38H42ClFN8O2/c1-25-41-15-12-29(42-25)10-11-34(49)47-20-26(21-47)19-45(2)36-30-13-17-46(33-9-4-7-27-6-3-8-31(39)35(27)33)23-32(30)43-37(44-36)50-24-38-14-5-16-48(38)22-28(40)18-38/h3-4,6-12,15,26,28H,5,13-14,16-24H2,1-2H3/b11-10+/t28-,38+/m1/s1. The van der Waals surface area contributed by atoms with Crippen LogP contribution in [0.15, 0.2) is 54.7 Å². The first-order chi connectivity index (χ1) is 24.2. The van der Waals surface area contributed by atoms with Gasteiger partial charge in [0.2, 0.25) is 5.91 Å². The zero-order valence-corrected chi connectivity index (χ0v) is 29.3. The number of ether oxygens (including phenoxy) is 1. The molecule has 2 aromatic heterocycles. The SMILES string of the molecule is Cc1nccc(/C=C/C(=O)N2CC(CN(C)c3nc(OC[C@@]45CCCN4C[C@H](F)C5)nc4c3CCN(c3cccc5cccc(Cl)c35)C4)C2)n1. The highest BCUT2D eigenvalue weighted by molar-refractivity contribution is 6.36. The summed E-state index contributed by atoms with van der Waals surface area (Å²) in [5.41, 5.74) is 3.55. The number of anilines is 2. The fourth-order valence-corrected chi connectivity index (χ4v) is 8.61. The minimum Gasteiger partial charge on any atom is -0.461 e. The average Bonchev–Trinajstić information content (AvgIpc) is 3.62. The summed E-state index contributed by atoms with van der Waals surface area (Å²) in [5.74, 6) is 1.81. The minimum absolute atomic E-state index is 0.0216. The van der Waals surface area contributed by atoms with E-state index in [2.05, 4.69) is 56.0 Å². The van der Waals surface area contributed by atoms with Crippen LogP contribution in [0.25, 0.3) is 16.8 Å². The van der Waals surface area contributed by atoms with E-state index in [0.29, 0.717) is 62.7 Å². The van der Waals surface area contributed by atoms with E-state index in [-0.39, 0.29) is 11.4 Å². The van der Waals surface area contributed by atoms with Crippen LogP contribution >= 0.6 is 11.6 Å². The van der Waals surface area contributed by atoms with Crippen molar-refractivity contribution < 1.29 is 13.9 Å². The Balaban J connectivity index is 1.01. The zero-order chi connectivity index (χ0) is 34.4. The number of nitrogens with zero attached hydrogens (tertiary/aromatic N) is 8. The zero-order valence-electron chi connectivity index (χ0n) is 28.6. The molecule has 4 aromatic rings. The molecule has 260 valence electrons. The largest absolute Gasteiger partial charge is 0.461 e.